The fraction of sp³-hybridized carbons (Fsp3) is 0.292. The highest BCUT2D eigenvalue weighted by Gasteiger charge is 2.25. The van der Waals surface area contributed by atoms with E-state index in [9.17, 15) is 9.18 Å². The number of aromatic nitrogens is 2. The number of pyridine rings is 2. The number of benzene rings is 1. The van der Waals surface area contributed by atoms with Gasteiger partial charge in [0.15, 0.2) is 0 Å². The molecule has 0 aliphatic carbocycles. The molecule has 1 amide bonds. The van der Waals surface area contributed by atoms with Gasteiger partial charge in [0.25, 0.3) is 0 Å². The highest BCUT2D eigenvalue weighted by atomic mass is 19.1. The lowest BCUT2D eigenvalue weighted by molar-refractivity contribution is -0.131. The number of nitrogens with zero attached hydrogens (tertiary/aromatic N) is 3. The Hall–Kier alpha value is -3.08. The van der Waals surface area contributed by atoms with Crippen molar-refractivity contribution in [3.05, 3.63) is 95.3 Å². The molecule has 0 spiro atoms. The van der Waals surface area contributed by atoms with E-state index in [0.29, 0.717) is 19.4 Å². The normalized spacial score (nSPS) is 16.6. The van der Waals surface area contributed by atoms with Crippen LogP contribution in [0.25, 0.3) is 0 Å². The summed E-state index contributed by atoms with van der Waals surface area (Å²) in [6.07, 6.45) is 4.73. The fourth-order valence-electron chi connectivity index (χ4n) is 3.85. The summed E-state index contributed by atoms with van der Waals surface area (Å²) in [5.74, 6) is 0.133. The lowest BCUT2D eigenvalue weighted by Gasteiger charge is -2.32. The molecule has 1 aliphatic rings. The zero-order valence-electron chi connectivity index (χ0n) is 16.3. The van der Waals surface area contributed by atoms with Crippen molar-refractivity contribution in [2.24, 2.45) is 0 Å². The van der Waals surface area contributed by atoms with Crippen LogP contribution in [0.5, 0.6) is 0 Å². The van der Waals surface area contributed by atoms with Gasteiger partial charge in [0, 0.05) is 48.7 Å². The zero-order chi connectivity index (χ0) is 20.1. The number of piperidine rings is 1. The van der Waals surface area contributed by atoms with E-state index in [1.807, 2.05) is 41.3 Å². The first-order valence-corrected chi connectivity index (χ1v) is 10.1. The molecule has 3 heterocycles. The largest absolute Gasteiger partial charge is 0.342 e. The lowest BCUT2D eigenvalue weighted by atomic mass is 9.93. The lowest BCUT2D eigenvalue weighted by Crippen LogP contribution is -2.40. The Morgan fingerprint density at radius 1 is 1.03 bits per heavy atom. The first-order valence-electron chi connectivity index (χ1n) is 10.1. The SMILES string of the molecule is O=C(Cc1ccccn1)N1CCC[C@H](c2cccc(Cc3ccc(F)cc3)n2)C1. The number of likely N-dealkylation sites (tertiary alicyclic amines) is 1. The summed E-state index contributed by atoms with van der Waals surface area (Å²) in [6.45, 7) is 1.48. The van der Waals surface area contributed by atoms with Crippen LogP contribution in [-0.2, 0) is 17.6 Å². The van der Waals surface area contributed by atoms with Gasteiger partial charge in [0.05, 0.1) is 6.42 Å². The second kappa shape index (κ2) is 8.95. The monoisotopic (exact) mass is 389 g/mol. The molecule has 1 aromatic carbocycles. The quantitative estimate of drug-likeness (QED) is 0.658. The third-order valence-electron chi connectivity index (χ3n) is 5.38. The smallest absolute Gasteiger partial charge is 0.228 e. The van der Waals surface area contributed by atoms with Crippen molar-refractivity contribution in [2.75, 3.05) is 13.1 Å². The molecule has 0 saturated carbocycles. The summed E-state index contributed by atoms with van der Waals surface area (Å²) in [7, 11) is 0. The van der Waals surface area contributed by atoms with Crippen LogP contribution in [0.4, 0.5) is 4.39 Å². The standard InChI is InChI=1S/C24H24FN3O/c25-20-11-9-18(10-12-20)15-22-7-3-8-23(27-22)19-5-4-14-28(17-19)24(29)16-21-6-1-2-13-26-21/h1-3,6-13,19H,4-5,14-17H2/t19-/m0/s1. The molecule has 148 valence electrons. The van der Waals surface area contributed by atoms with Crippen LogP contribution in [0.2, 0.25) is 0 Å². The van der Waals surface area contributed by atoms with Gasteiger partial charge < -0.3 is 4.90 Å². The second-order valence-electron chi connectivity index (χ2n) is 7.53. The van der Waals surface area contributed by atoms with Gasteiger partial charge in [-0.3, -0.25) is 14.8 Å². The maximum absolute atomic E-state index is 13.1. The summed E-state index contributed by atoms with van der Waals surface area (Å²) in [5.41, 5.74) is 3.83. The second-order valence-corrected chi connectivity index (χ2v) is 7.53. The highest BCUT2D eigenvalue weighted by molar-refractivity contribution is 5.78. The van der Waals surface area contributed by atoms with Crippen molar-refractivity contribution in [2.45, 2.75) is 31.6 Å². The fourth-order valence-corrected chi connectivity index (χ4v) is 3.85. The summed E-state index contributed by atoms with van der Waals surface area (Å²) in [4.78, 5) is 23.8. The molecule has 0 N–H and O–H groups in total. The number of carbonyl (C=O) groups is 1. The molecule has 4 rings (SSSR count). The van der Waals surface area contributed by atoms with Gasteiger partial charge >= 0.3 is 0 Å². The number of hydrogen-bond donors (Lipinski definition) is 0. The van der Waals surface area contributed by atoms with Crippen molar-refractivity contribution in [1.29, 1.82) is 0 Å². The highest BCUT2D eigenvalue weighted by Crippen LogP contribution is 2.26. The minimum Gasteiger partial charge on any atom is -0.342 e. The maximum Gasteiger partial charge on any atom is 0.228 e. The molecule has 0 unspecified atom stereocenters. The van der Waals surface area contributed by atoms with Gasteiger partial charge in [-0.25, -0.2) is 4.39 Å². The van der Waals surface area contributed by atoms with E-state index < -0.39 is 0 Å². The van der Waals surface area contributed by atoms with E-state index in [2.05, 4.69) is 4.98 Å². The Morgan fingerprint density at radius 3 is 2.66 bits per heavy atom. The number of rotatable bonds is 5. The van der Waals surface area contributed by atoms with Crippen LogP contribution in [0.3, 0.4) is 0 Å². The number of amides is 1. The van der Waals surface area contributed by atoms with Crippen LogP contribution in [-0.4, -0.2) is 33.9 Å². The Balaban J connectivity index is 1.42. The summed E-state index contributed by atoms with van der Waals surface area (Å²) < 4.78 is 13.1. The molecule has 1 atom stereocenters. The van der Waals surface area contributed by atoms with Gasteiger partial charge in [-0.05, 0) is 54.8 Å². The Bertz CT molecular complexity index is 959. The van der Waals surface area contributed by atoms with Crippen LogP contribution in [0.1, 0.15) is 41.4 Å². The third kappa shape index (κ3) is 5.05. The van der Waals surface area contributed by atoms with Crippen LogP contribution in [0, 0.1) is 5.82 Å². The molecule has 2 aromatic heterocycles. The topological polar surface area (TPSA) is 46.1 Å². The average molecular weight is 389 g/mol. The van der Waals surface area contributed by atoms with Gasteiger partial charge in [0.2, 0.25) is 5.91 Å². The van der Waals surface area contributed by atoms with Crippen LogP contribution in [0.15, 0.2) is 66.9 Å². The molecule has 0 radical (unpaired) electrons. The maximum atomic E-state index is 13.1. The molecule has 1 fully saturated rings. The van der Waals surface area contributed by atoms with Crippen LogP contribution >= 0.6 is 0 Å². The molecule has 5 heteroatoms. The molecule has 3 aromatic rings. The van der Waals surface area contributed by atoms with E-state index in [-0.39, 0.29) is 17.6 Å². The van der Waals surface area contributed by atoms with Gasteiger partial charge in [0.1, 0.15) is 5.82 Å². The first-order chi connectivity index (χ1) is 14.2. The average Bonchev–Trinajstić information content (AvgIpc) is 2.76. The predicted octanol–water partition coefficient (Wildman–Crippen LogP) is 4.16. The molecular formula is C24H24FN3O. The van der Waals surface area contributed by atoms with Crippen molar-refractivity contribution in [1.82, 2.24) is 14.9 Å². The van der Waals surface area contributed by atoms with Gasteiger partial charge in [-0.1, -0.05) is 24.3 Å². The number of halogens is 1. The zero-order valence-corrected chi connectivity index (χ0v) is 16.3. The summed E-state index contributed by atoms with van der Waals surface area (Å²) >= 11 is 0. The Morgan fingerprint density at radius 2 is 1.86 bits per heavy atom. The predicted molar refractivity (Wildman–Crippen MR) is 110 cm³/mol. The third-order valence-corrected chi connectivity index (χ3v) is 5.38. The number of carbonyl (C=O) groups excluding carboxylic acids is 1. The molecule has 29 heavy (non-hydrogen) atoms. The molecule has 0 bridgehead atoms. The van der Waals surface area contributed by atoms with E-state index >= 15 is 0 Å². The summed E-state index contributed by atoms with van der Waals surface area (Å²) in [5, 5.41) is 0. The summed E-state index contributed by atoms with van der Waals surface area (Å²) in [6, 6.07) is 18.3. The first kappa shape index (κ1) is 19.2. The van der Waals surface area contributed by atoms with E-state index in [4.69, 9.17) is 4.98 Å². The van der Waals surface area contributed by atoms with Crippen molar-refractivity contribution in [3.8, 4) is 0 Å². The Kier molecular flexibility index (Phi) is 5.94. The number of hydrogen-bond acceptors (Lipinski definition) is 3. The molecule has 1 saturated heterocycles. The minimum absolute atomic E-state index is 0.121. The molecule has 4 nitrogen and oxygen atoms in total. The van der Waals surface area contributed by atoms with E-state index in [1.165, 1.54) is 12.1 Å². The van der Waals surface area contributed by atoms with E-state index in [1.54, 1.807) is 18.3 Å². The van der Waals surface area contributed by atoms with Crippen LogP contribution < -0.4 is 0 Å². The molecule has 1 aliphatic heterocycles. The Labute approximate surface area is 170 Å². The van der Waals surface area contributed by atoms with Crippen molar-refractivity contribution < 1.29 is 9.18 Å². The van der Waals surface area contributed by atoms with Gasteiger partial charge in [-0.2, -0.15) is 0 Å². The van der Waals surface area contributed by atoms with Gasteiger partial charge in [-0.15, -0.1) is 0 Å². The van der Waals surface area contributed by atoms with Crippen molar-refractivity contribution >= 4 is 5.91 Å². The minimum atomic E-state index is -0.229. The molecular weight excluding hydrogens is 365 g/mol. The van der Waals surface area contributed by atoms with Crippen molar-refractivity contribution in [3.63, 3.8) is 0 Å². The van der Waals surface area contributed by atoms with E-state index in [0.717, 1.165) is 42.0 Å².